The average molecular weight is 366 g/mol. The summed E-state index contributed by atoms with van der Waals surface area (Å²) < 4.78 is 5.02. The number of amides is 2. The van der Waals surface area contributed by atoms with Crippen molar-refractivity contribution in [2.75, 3.05) is 11.9 Å². The van der Waals surface area contributed by atoms with Gasteiger partial charge in [0, 0.05) is 6.54 Å². The van der Waals surface area contributed by atoms with Crippen molar-refractivity contribution in [3.05, 3.63) is 65.7 Å². The van der Waals surface area contributed by atoms with Crippen LogP contribution in [0.4, 0.5) is 5.69 Å². The van der Waals surface area contributed by atoms with E-state index >= 15 is 0 Å². The zero-order valence-corrected chi connectivity index (χ0v) is 15.1. The Labute approximate surface area is 157 Å². The van der Waals surface area contributed by atoms with Crippen molar-refractivity contribution < 1.29 is 19.1 Å². The van der Waals surface area contributed by atoms with Crippen LogP contribution >= 0.6 is 0 Å². The lowest BCUT2D eigenvalue weighted by atomic mass is 10.1. The van der Waals surface area contributed by atoms with Gasteiger partial charge in [0.05, 0.1) is 17.2 Å². The van der Waals surface area contributed by atoms with Crippen molar-refractivity contribution >= 4 is 23.5 Å². The smallest absolute Gasteiger partial charge is 0.309 e. The Kier molecular flexibility index (Phi) is 5.86. The van der Waals surface area contributed by atoms with Gasteiger partial charge in [-0.3, -0.25) is 14.4 Å². The summed E-state index contributed by atoms with van der Waals surface area (Å²) in [6, 6.07) is 16.3. The molecule has 0 radical (unpaired) electrons. The molecule has 0 spiro atoms. The van der Waals surface area contributed by atoms with E-state index in [2.05, 4.69) is 10.6 Å². The lowest BCUT2D eigenvalue weighted by Gasteiger charge is -2.12. The van der Waals surface area contributed by atoms with Crippen LogP contribution in [0.2, 0.25) is 0 Å². The van der Waals surface area contributed by atoms with Crippen molar-refractivity contribution in [3.63, 3.8) is 0 Å². The van der Waals surface area contributed by atoms with Gasteiger partial charge in [-0.1, -0.05) is 49.4 Å². The highest BCUT2D eigenvalue weighted by Gasteiger charge is 2.40. The third-order valence-corrected chi connectivity index (χ3v) is 4.50. The molecule has 27 heavy (non-hydrogen) atoms. The molecule has 140 valence electrons. The normalized spacial score (nSPS) is 17.7. The number of hydrogen-bond donors (Lipinski definition) is 2. The van der Waals surface area contributed by atoms with Crippen molar-refractivity contribution in [1.82, 2.24) is 5.32 Å². The molecule has 2 atom stereocenters. The summed E-state index contributed by atoms with van der Waals surface area (Å²) in [5.41, 5.74) is 1.71. The highest BCUT2D eigenvalue weighted by atomic mass is 16.5. The van der Waals surface area contributed by atoms with E-state index in [-0.39, 0.29) is 24.4 Å². The molecule has 0 saturated heterocycles. The Morgan fingerprint density at radius 3 is 2.41 bits per heavy atom. The van der Waals surface area contributed by atoms with Gasteiger partial charge in [0.1, 0.15) is 0 Å². The number of carbonyl (C=O) groups is 3. The largest absolute Gasteiger partial charge is 0.455 e. The van der Waals surface area contributed by atoms with Gasteiger partial charge in [-0.15, -0.1) is 0 Å². The molecule has 6 nitrogen and oxygen atoms in total. The van der Waals surface area contributed by atoms with E-state index in [1.807, 2.05) is 37.3 Å². The average Bonchev–Trinajstić information content (AvgIpc) is 3.42. The van der Waals surface area contributed by atoms with Crippen LogP contribution in [0.5, 0.6) is 0 Å². The van der Waals surface area contributed by atoms with Crippen molar-refractivity contribution in [2.45, 2.75) is 19.9 Å². The molecule has 2 aromatic carbocycles. The Morgan fingerprint density at radius 1 is 1.04 bits per heavy atom. The van der Waals surface area contributed by atoms with Gasteiger partial charge < -0.3 is 15.4 Å². The van der Waals surface area contributed by atoms with Crippen LogP contribution in [0, 0.1) is 11.8 Å². The predicted molar refractivity (Wildman–Crippen MR) is 101 cm³/mol. The first kappa shape index (κ1) is 18.6. The fourth-order valence-electron chi connectivity index (χ4n) is 2.74. The summed E-state index contributed by atoms with van der Waals surface area (Å²) in [5, 5.41) is 5.47. The van der Waals surface area contributed by atoms with E-state index in [4.69, 9.17) is 4.74 Å². The highest BCUT2D eigenvalue weighted by molar-refractivity contribution is 6.04. The van der Waals surface area contributed by atoms with Crippen LogP contribution in [0.25, 0.3) is 0 Å². The molecule has 2 aromatic rings. The summed E-state index contributed by atoms with van der Waals surface area (Å²) in [4.78, 5) is 36.2. The second-order valence-corrected chi connectivity index (χ2v) is 6.69. The van der Waals surface area contributed by atoms with E-state index < -0.39 is 5.91 Å². The summed E-state index contributed by atoms with van der Waals surface area (Å²) in [5.74, 6) is -0.867. The summed E-state index contributed by atoms with van der Waals surface area (Å²) in [7, 11) is 0. The first-order chi connectivity index (χ1) is 13.0. The maximum Gasteiger partial charge on any atom is 0.309 e. The number of nitrogens with one attached hydrogen (secondary N) is 2. The number of anilines is 1. The van der Waals surface area contributed by atoms with Gasteiger partial charge in [-0.05, 0) is 30.0 Å². The Hall–Kier alpha value is -3.15. The first-order valence-corrected chi connectivity index (χ1v) is 8.92. The molecule has 2 N–H and O–H groups in total. The lowest BCUT2D eigenvalue weighted by molar-refractivity contribution is -0.148. The molecule has 1 aliphatic carbocycles. The Balaban J connectivity index is 1.55. The molecule has 0 aliphatic heterocycles. The van der Waals surface area contributed by atoms with Gasteiger partial charge in [-0.2, -0.15) is 0 Å². The second-order valence-electron chi connectivity index (χ2n) is 6.69. The van der Waals surface area contributed by atoms with Crippen LogP contribution in [0.15, 0.2) is 54.6 Å². The number of benzene rings is 2. The number of carbonyl (C=O) groups excluding carboxylic acids is 3. The minimum absolute atomic E-state index is 0.0890. The van der Waals surface area contributed by atoms with Crippen molar-refractivity contribution in [3.8, 4) is 0 Å². The molecule has 0 unspecified atom stereocenters. The third-order valence-electron chi connectivity index (χ3n) is 4.50. The molecule has 6 heteroatoms. The van der Waals surface area contributed by atoms with Crippen LogP contribution in [0.3, 0.4) is 0 Å². The van der Waals surface area contributed by atoms with Gasteiger partial charge in [-0.25, -0.2) is 0 Å². The van der Waals surface area contributed by atoms with Gasteiger partial charge in [0.25, 0.3) is 11.8 Å². The number of ether oxygens (including phenoxy) is 1. The van der Waals surface area contributed by atoms with E-state index in [0.29, 0.717) is 23.7 Å². The number of hydrogen-bond acceptors (Lipinski definition) is 4. The fraction of sp³-hybridized carbons (Fsp3) is 0.286. The molecule has 0 aromatic heterocycles. The number of esters is 1. The summed E-state index contributed by atoms with van der Waals surface area (Å²) in [6.07, 6.45) is 0.810. The molecule has 1 fully saturated rings. The molecular weight excluding hydrogens is 344 g/mol. The standard InChI is InChI=1S/C21H22N2O4/c1-14-11-17(14)21(26)27-13-19(24)23-18-10-6-5-9-16(18)20(25)22-12-15-7-3-2-4-8-15/h2-10,14,17H,11-13H2,1H3,(H,22,25)(H,23,24)/t14-,17+/m0/s1. The van der Waals surface area contributed by atoms with E-state index in [0.717, 1.165) is 12.0 Å². The molecule has 2 amide bonds. The second kappa shape index (κ2) is 8.49. The first-order valence-electron chi connectivity index (χ1n) is 8.92. The topological polar surface area (TPSA) is 84.5 Å². The molecule has 3 rings (SSSR count). The monoisotopic (exact) mass is 366 g/mol. The van der Waals surface area contributed by atoms with Crippen LogP contribution in [-0.2, 0) is 20.9 Å². The fourth-order valence-corrected chi connectivity index (χ4v) is 2.74. The van der Waals surface area contributed by atoms with Crippen LogP contribution in [0.1, 0.15) is 29.3 Å². The predicted octanol–water partition coefficient (Wildman–Crippen LogP) is 2.75. The van der Waals surface area contributed by atoms with Crippen LogP contribution in [-0.4, -0.2) is 24.4 Å². The molecule has 0 heterocycles. The van der Waals surface area contributed by atoms with Crippen LogP contribution < -0.4 is 10.6 Å². The Morgan fingerprint density at radius 2 is 1.70 bits per heavy atom. The minimum Gasteiger partial charge on any atom is -0.455 e. The van der Waals surface area contributed by atoms with Gasteiger partial charge in [0.15, 0.2) is 6.61 Å². The van der Waals surface area contributed by atoms with Gasteiger partial charge in [0.2, 0.25) is 0 Å². The molecular formula is C21H22N2O4. The Bertz CT molecular complexity index is 835. The van der Waals surface area contributed by atoms with Gasteiger partial charge >= 0.3 is 5.97 Å². The molecule has 0 bridgehead atoms. The molecule has 1 aliphatic rings. The zero-order chi connectivity index (χ0) is 19.2. The zero-order valence-electron chi connectivity index (χ0n) is 15.1. The maximum atomic E-state index is 12.5. The number of para-hydroxylation sites is 1. The third kappa shape index (κ3) is 5.17. The highest BCUT2D eigenvalue weighted by Crippen LogP contribution is 2.38. The van der Waals surface area contributed by atoms with Crippen molar-refractivity contribution in [2.24, 2.45) is 11.8 Å². The SMILES string of the molecule is C[C@H]1C[C@H]1C(=O)OCC(=O)Nc1ccccc1C(=O)NCc1ccccc1. The summed E-state index contributed by atoms with van der Waals surface area (Å²) in [6.45, 7) is 2.00. The summed E-state index contributed by atoms with van der Waals surface area (Å²) >= 11 is 0. The quantitative estimate of drug-likeness (QED) is 0.738. The number of rotatable bonds is 7. The maximum absolute atomic E-state index is 12.5. The van der Waals surface area contributed by atoms with E-state index in [9.17, 15) is 14.4 Å². The molecule has 1 saturated carbocycles. The van der Waals surface area contributed by atoms with E-state index in [1.54, 1.807) is 24.3 Å². The lowest BCUT2D eigenvalue weighted by Crippen LogP contribution is -2.26. The van der Waals surface area contributed by atoms with E-state index in [1.165, 1.54) is 0 Å². The minimum atomic E-state index is -0.472. The van der Waals surface area contributed by atoms with Crippen molar-refractivity contribution in [1.29, 1.82) is 0 Å².